The minimum Gasteiger partial charge on any atom is -0.493 e. The number of nitrogen functional groups attached to an aromatic ring is 1. The molecule has 15 heavy (non-hydrogen) atoms. The fourth-order valence-corrected chi connectivity index (χ4v) is 1.03. The van der Waals surface area contributed by atoms with Crippen molar-refractivity contribution in [2.45, 2.75) is 6.42 Å². The van der Waals surface area contributed by atoms with Gasteiger partial charge >= 0.3 is 0 Å². The number of benzene rings is 1. The van der Waals surface area contributed by atoms with Gasteiger partial charge in [-0.2, -0.15) is 0 Å². The lowest BCUT2D eigenvalue weighted by Crippen LogP contribution is -2.01. The van der Waals surface area contributed by atoms with E-state index in [-0.39, 0.29) is 18.0 Å². The first-order chi connectivity index (χ1) is 7.15. The molecule has 0 aliphatic carbocycles. The standard InChI is InChI=1S/C9H12N2O4/c10-8-3-2-7(15-5-1-4-12)6-9(8)11(13)14/h2-3,6,12H,1,4-5,10H2. The Bertz CT molecular complexity index is 354. The summed E-state index contributed by atoms with van der Waals surface area (Å²) in [5, 5.41) is 19.1. The molecule has 0 atom stereocenters. The molecule has 0 bridgehead atoms. The van der Waals surface area contributed by atoms with Gasteiger partial charge in [-0.25, -0.2) is 0 Å². The Morgan fingerprint density at radius 3 is 2.87 bits per heavy atom. The molecule has 82 valence electrons. The Kier molecular flexibility index (Phi) is 3.87. The van der Waals surface area contributed by atoms with Gasteiger partial charge in [0, 0.05) is 13.0 Å². The predicted molar refractivity (Wildman–Crippen MR) is 54.7 cm³/mol. The fraction of sp³-hybridized carbons (Fsp3) is 0.333. The summed E-state index contributed by atoms with van der Waals surface area (Å²) in [6.45, 7) is 0.342. The Balaban J connectivity index is 2.74. The summed E-state index contributed by atoms with van der Waals surface area (Å²) in [6.07, 6.45) is 0.484. The van der Waals surface area contributed by atoms with Crippen LogP contribution in [0, 0.1) is 10.1 Å². The number of rotatable bonds is 5. The van der Waals surface area contributed by atoms with E-state index in [0.717, 1.165) is 0 Å². The number of nitro groups is 1. The van der Waals surface area contributed by atoms with Crippen LogP contribution in [0.3, 0.4) is 0 Å². The summed E-state index contributed by atoms with van der Waals surface area (Å²) in [5.74, 6) is 0.379. The van der Waals surface area contributed by atoms with Crippen molar-refractivity contribution in [3.8, 4) is 5.75 Å². The SMILES string of the molecule is Nc1ccc(OCCCO)cc1[N+](=O)[O-]. The van der Waals surface area contributed by atoms with E-state index in [4.69, 9.17) is 15.6 Å². The Morgan fingerprint density at radius 2 is 2.27 bits per heavy atom. The number of aliphatic hydroxyl groups excluding tert-OH is 1. The molecule has 1 aromatic rings. The molecule has 6 nitrogen and oxygen atoms in total. The third kappa shape index (κ3) is 3.10. The number of hydrogen-bond donors (Lipinski definition) is 2. The van der Waals surface area contributed by atoms with Crippen LogP contribution in [0.5, 0.6) is 5.75 Å². The van der Waals surface area contributed by atoms with Crippen LogP contribution in [-0.2, 0) is 0 Å². The summed E-state index contributed by atoms with van der Waals surface area (Å²) in [6, 6.07) is 4.25. The molecule has 0 amide bonds. The van der Waals surface area contributed by atoms with E-state index < -0.39 is 4.92 Å². The van der Waals surface area contributed by atoms with Crippen LogP contribution < -0.4 is 10.5 Å². The molecule has 0 saturated carbocycles. The molecule has 0 aliphatic heterocycles. The Labute approximate surface area is 86.4 Å². The van der Waals surface area contributed by atoms with Crippen molar-refractivity contribution in [2.24, 2.45) is 0 Å². The first kappa shape index (κ1) is 11.3. The highest BCUT2D eigenvalue weighted by molar-refractivity contribution is 5.60. The van der Waals surface area contributed by atoms with Crippen molar-refractivity contribution < 1.29 is 14.8 Å². The summed E-state index contributed by atoms with van der Waals surface area (Å²) >= 11 is 0. The Morgan fingerprint density at radius 1 is 1.53 bits per heavy atom. The molecular formula is C9H12N2O4. The van der Waals surface area contributed by atoms with Crippen LogP contribution >= 0.6 is 0 Å². The van der Waals surface area contributed by atoms with Gasteiger partial charge in [-0.3, -0.25) is 10.1 Å². The Hall–Kier alpha value is -1.82. The molecule has 6 heteroatoms. The lowest BCUT2D eigenvalue weighted by atomic mass is 10.2. The van der Waals surface area contributed by atoms with Gasteiger partial charge in [0.15, 0.2) is 0 Å². The fourth-order valence-electron chi connectivity index (χ4n) is 1.03. The van der Waals surface area contributed by atoms with Crippen molar-refractivity contribution in [3.63, 3.8) is 0 Å². The second kappa shape index (κ2) is 5.16. The van der Waals surface area contributed by atoms with Crippen LogP contribution in [0.2, 0.25) is 0 Å². The van der Waals surface area contributed by atoms with E-state index in [1.807, 2.05) is 0 Å². The topological polar surface area (TPSA) is 98.6 Å². The third-order valence-corrected chi connectivity index (χ3v) is 1.77. The lowest BCUT2D eigenvalue weighted by molar-refractivity contribution is -0.384. The van der Waals surface area contributed by atoms with Gasteiger partial charge in [-0.1, -0.05) is 0 Å². The van der Waals surface area contributed by atoms with Crippen molar-refractivity contribution in [2.75, 3.05) is 18.9 Å². The first-order valence-corrected chi connectivity index (χ1v) is 4.42. The van der Waals surface area contributed by atoms with E-state index in [1.54, 1.807) is 6.07 Å². The number of aliphatic hydroxyl groups is 1. The van der Waals surface area contributed by atoms with Crippen molar-refractivity contribution in [1.29, 1.82) is 0 Å². The van der Waals surface area contributed by atoms with Gasteiger partial charge in [0.05, 0.1) is 17.6 Å². The number of anilines is 1. The highest BCUT2D eigenvalue weighted by atomic mass is 16.6. The van der Waals surface area contributed by atoms with Crippen LogP contribution in [0.15, 0.2) is 18.2 Å². The molecule has 1 aromatic carbocycles. The molecule has 0 aromatic heterocycles. The molecule has 0 unspecified atom stereocenters. The third-order valence-electron chi connectivity index (χ3n) is 1.77. The number of ether oxygens (including phenoxy) is 1. The molecule has 0 spiro atoms. The smallest absolute Gasteiger partial charge is 0.295 e. The zero-order chi connectivity index (χ0) is 11.3. The summed E-state index contributed by atoms with van der Waals surface area (Å²) in [7, 11) is 0. The summed E-state index contributed by atoms with van der Waals surface area (Å²) in [4.78, 5) is 9.97. The van der Waals surface area contributed by atoms with E-state index in [2.05, 4.69) is 0 Å². The molecular weight excluding hydrogens is 200 g/mol. The van der Waals surface area contributed by atoms with Gasteiger partial charge in [0.2, 0.25) is 0 Å². The van der Waals surface area contributed by atoms with Crippen LogP contribution in [0.4, 0.5) is 11.4 Å². The van der Waals surface area contributed by atoms with E-state index in [1.165, 1.54) is 12.1 Å². The number of hydrogen-bond acceptors (Lipinski definition) is 5. The minimum absolute atomic E-state index is 0.0249. The summed E-state index contributed by atoms with van der Waals surface area (Å²) < 4.78 is 5.17. The largest absolute Gasteiger partial charge is 0.493 e. The quantitative estimate of drug-likeness (QED) is 0.327. The predicted octanol–water partition coefficient (Wildman–Crippen LogP) is 0.938. The second-order valence-electron chi connectivity index (χ2n) is 2.90. The maximum Gasteiger partial charge on any atom is 0.295 e. The van der Waals surface area contributed by atoms with Gasteiger partial charge in [-0.05, 0) is 12.1 Å². The molecule has 3 N–H and O–H groups in total. The minimum atomic E-state index is -0.561. The highest BCUT2D eigenvalue weighted by Crippen LogP contribution is 2.26. The van der Waals surface area contributed by atoms with E-state index >= 15 is 0 Å². The molecule has 0 fully saturated rings. The van der Waals surface area contributed by atoms with Crippen LogP contribution in [0.1, 0.15) is 6.42 Å². The normalized spacial score (nSPS) is 9.93. The van der Waals surface area contributed by atoms with Crippen molar-refractivity contribution in [3.05, 3.63) is 28.3 Å². The average molecular weight is 212 g/mol. The van der Waals surface area contributed by atoms with Gasteiger partial charge in [-0.15, -0.1) is 0 Å². The zero-order valence-corrected chi connectivity index (χ0v) is 8.05. The summed E-state index contributed by atoms with van der Waals surface area (Å²) in [5.41, 5.74) is 5.34. The molecule has 0 saturated heterocycles. The molecule has 0 aliphatic rings. The second-order valence-corrected chi connectivity index (χ2v) is 2.90. The number of nitrogens with zero attached hydrogens (tertiary/aromatic N) is 1. The van der Waals surface area contributed by atoms with Gasteiger partial charge in [0.1, 0.15) is 11.4 Å². The maximum absolute atomic E-state index is 10.5. The monoisotopic (exact) mass is 212 g/mol. The lowest BCUT2D eigenvalue weighted by Gasteiger charge is -2.05. The van der Waals surface area contributed by atoms with Gasteiger partial charge < -0.3 is 15.6 Å². The van der Waals surface area contributed by atoms with Gasteiger partial charge in [0.25, 0.3) is 5.69 Å². The zero-order valence-electron chi connectivity index (χ0n) is 8.05. The van der Waals surface area contributed by atoms with Crippen molar-refractivity contribution >= 4 is 11.4 Å². The molecule has 1 rings (SSSR count). The van der Waals surface area contributed by atoms with Crippen molar-refractivity contribution in [1.82, 2.24) is 0 Å². The average Bonchev–Trinajstić information content (AvgIpc) is 2.20. The molecule has 0 heterocycles. The number of nitrogens with two attached hydrogens (primary N) is 1. The van der Waals surface area contributed by atoms with Crippen LogP contribution in [0.25, 0.3) is 0 Å². The van der Waals surface area contributed by atoms with E-state index in [0.29, 0.717) is 18.8 Å². The molecule has 0 radical (unpaired) electrons. The highest BCUT2D eigenvalue weighted by Gasteiger charge is 2.12. The first-order valence-electron chi connectivity index (χ1n) is 4.42. The van der Waals surface area contributed by atoms with E-state index in [9.17, 15) is 10.1 Å². The maximum atomic E-state index is 10.5. The van der Waals surface area contributed by atoms with Crippen LogP contribution in [-0.4, -0.2) is 23.2 Å². The number of nitro benzene ring substituents is 1.